The van der Waals surface area contributed by atoms with Crippen LogP contribution in [0.3, 0.4) is 0 Å². The van der Waals surface area contributed by atoms with E-state index in [-0.39, 0.29) is 24.9 Å². The maximum Gasteiger partial charge on any atom is 0.412 e. The van der Waals surface area contributed by atoms with E-state index in [0.29, 0.717) is 17.8 Å². The van der Waals surface area contributed by atoms with E-state index in [9.17, 15) is 14.0 Å². The number of hydrogen-bond acceptors (Lipinski definition) is 6. The minimum atomic E-state index is -0.596. The summed E-state index contributed by atoms with van der Waals surface area (Å²) in [6.07, 6.45) is 4.22. The van der Waals surface area contributed by atoms with Gasteiger partial charge in [0.1, 0.15) is 11.6 Å². The van der Waals surface area contributed by atoms with Crippen molar-refractivity contribution in [3.05, 3.63) is 36.3 Å². The minimum Gasteiger partial charge on any atom is -0.465 e. The van der Waals surface area contributed by atoms with E-state index < -0.39 is 6.09 Å². The SMILES string of the molecule is CN(C)CC(=O)OCCCCCCOC(=O)Nc1cc2cc(F)ccc2cn1. The number of nitrogens with one attached hydrogen (secondary N) is 1. The molecule has 152 valence electrons. The molecule has 0 atom stereocenters. The van der Waals surface area contributed by atoms with Crippen molar-refractivity contribution in [3.8, 4) is 0 Å². The number of carbonyl (C=O) groups is 2. The molecule has 0 bridgehead atoms. The zero-order chi connectivity index (χ0) is 20.4. The first-order chi connectivity index (χ1) is 13.4. The average molecular weight is 391 g/mol. The van der Waals surface area contributed by atoms with Crippen molar-refractivity contribution < 1.29 is 23.5 Å². The van der Waals surface area contributed by atoms with Crippen LogP contribution in [-0.2, 0) is 14.3 Å². The summed E-state index contributed by atoms with van der Waals surface area (Å²) >= 11 is 0. The van der Waals surface area contributed by atoms with Crippen LogP contribution in [0.15, 0.2) is 30.5 Å². The zero-order valence-corrected chi connectivity index (χ0v) is 16.2. The number of halogens is 1. The highest BCUT2D eigenvalue weighted by Crippen LogP contribution is 2.18. The summed E-state index contributed by atoms with van der Waals surface area (Å²) in [5.74, 6) is -0.266. The summed E-state index contributed by atoms with van der Waals surface area (Å²) < 4.78 is 23.5. The summed E-state index contributed by atoms with van der Waals surface area (Å²) in [5, 5.41) is 3.97. The molecular formula is C20H26FN3O4. The van der Waals surface area contributed by atoms with Gasteiger partial charge in [-0.2, -0.15) is 0 Å². The first-order valence-corrected chi connectivity index (χ1v) is 9.23. The molecule has 7 nitrogen and oxygen atoms in total. The summed E-state index contributed by atoms with van der Waals surface area (Å²) in [4.78, 5) is 29.0. The van der Waals surface area contributed by atoms with Gasteiger partial charge in [-0.3, -0.25) is 15.0 Å². The van der Waals surface area contributed by atoms with Gasteiger partial charge in [0.2, 0.25) is 0 Å². The lowest BCUT2D eigenvalue weighted by Gasteiger charge is -2.09. The molecule has 0 radical (unpaired) electrons. The maximum absolute atomic E-state index is 13.3. The number of likely N-dealkylation sites (N-methyl/N-ethyl adjacent to an activating group) is 1. The van der Waals surface area contributed by atoms with Gasteiger partial charge >= 0.3 is 12.1 Å². The largest absolute Gasteiger partial charge is 0.465 e. The number of benzene rings is 1. The molecule has 0 aliphatic heterocycles. The van der Waals surface area contributed by atoms with E-state index in [1.54, 1.807) is 23.2 Å². The monoisotopic (exact) mass is 391 g/mol. The Balaban J connectivity index is 1.57. The van der Waals surface area contributed by atoms with Crippen molar-refractivity contribution in [1.29, 1.82) is 0 Å². The first kappa shape index (κ1) is 21.6. The highest BCUT2D eigenvalue weighted by atomic mass is 19.1. The van der Waals surface area contributed by atoms with Crippen LogP contribution in [0.4, 0.5) is 15.0 Å². The maximum atomic E-state index is 13.3. The second kappa shape index (κ2) is 11.2. The third kappa shape index (κ3) is 7.87. The number of anilines is 1. The molecule has 0 fully saturated rings. The van der Waals surface area contributed by atoms with Crippen molar-refractivity contribution in [2.75, 3.05) is 39.2 Å². The van der Waals surface area contributed by atoms with Crippen LogP contribution in [0.1, 0.15) is 25.7 Å². The van der Waals surface area contributed by atoms with Crippen LogP contribution >= 0.6 is 0 Å². The summed E-state index contributed by atoms with van der Waals surface area (Å²) in [6, 6.07) is 5.96. The Hall–Kier alpha value is -2.74. The molecule has 1 N–H and O–H groups in total. The third-order valence-corrected chi connectivity index (χ3v) is 3.89. The van der Waals surface area contributed by atoms with Crippen molar-refractivity contribution in [2.45, 2.75) is 25.7 Å². The Morgan fingerprint density at radius 1 is 1.04 bits per heavy atom. The summed E-state index contributed by atoms with van der Waals surface area (Å²) in [7, 11) is 3.63. The van der Waals surface area contributed by atoms with Crippen LogP contribution in [0.5, 0.6) is 0 Å². The molecule has 2 rings (SSSR count). The van der Waals surface area contributed by atoms with Gasteiger partial charge in [-0.15, -0.1) is 0 Å². The lowest BCUT2D eigenvalue weighted by atomic mass is 10.2. The highest BCUT2D eigenvalue weighted by Gasteiger charge is 2.06. The second-order valence-corrected chi connectivity index (χ2v) is 6.69. The molecule has 0 spiro atoms. The van der Waals surface area contributed by atoms with E-state index in [0.717, 1.165) is 31.1 Å². The van der Waals surface area contributed by atoms with Crippen LogP contribution in [0, 0.1) is 5.82 Å². The van der Waals surface area contributed by atoms with Crippen LogP contribution in [-0.4, -0.2) is 55.8 Å². The predicted octanol–water partition coefficient (Wildman–Crippen LogP) is 3.59. The number of pyridine rings is 1. The summed E-state index contributed by atoms with van der Waals surface area (Å²) in [5.41, 5.74) is 0. The van der Waals surface area contributed by atoms with Gasteiger partial charge in [0.15, 0.2) is 0 Å². The fourth-order valence-corrected chi connectivity index (χ4v) is 2.53. The molecule has 1 heterocycles. The van der Waals surface area contributed by atoms with Crippen LogP contribution in [0.25, 0.3) is 10.8 Å². The fraction of sp³-hybridized carbons (Fsp3) is 0.450. The van der Waals surface area contributed by atoms with E-state index >= 15 is 0 Å². The highest BCUT2D eigenvalue weighted by molar-refractivity contribution is 5.89. The molecular weight excluding hydrogens is 365 g/mol. The normalized spacial score (nSPS) is 10.9. The second-order valence-electron chi connectivity index (χ2n) is 6.69. The fourth-order valence-electron chi connectivity index (χ4n) is 2.53. The molecule has 1 aromatic carbocycles. The van der Waals surface area contributed by atoms with Crippen molar-refractivity contribution in [3.63, 3.8) is 0 Å². The van der Waals surface area contributed by atoms with E-state index in [4.69, 9.17) is 9.47 Å². The lowest BCUT2D eigenvalue weighted by molar-refractivity contribution is -0.144. The summed E-state index contributed by atoms with van der Waals surface area (Å²) in [6.45, 7) is 0.973. The van der Waals surface area contributed by atoms with Gasteiger partial charge in [0.25, 0.3) is 0 Å². The van der Waals surface area contributed by atoms with Gasteiger partial charge in [0, 0.05) is 11.6 Å². The molecule has 2 aromatic rings. The molecule has 1 aromatic heterocycles. The van der Waals surface area contributed by atoms with E-state index in [1.807, 2.05) is 14.1 Å². The Labute approximate surface area is 163 Å². The number of unbranched alkanes of at least 4 members (excludes halogenated alkanes) is 3. The number of esters is 1. The number of rotatable bonds is 10. The van der Waals surface area contributed by atoms with Crippen LogP contribution in [0.2, 0.25) is 0 Å². The van der Waals surface area contributed by atoms with E-state index in [2.05, 4.69) is 10.3 Å². The van der Waals surface area contributed by atoms with Gasteiger partial charge in [-0.1, -0.05) is 0 Å². The number of aromatic nitrogens is 1. The topological polar surface area (TPSA) is 80.8 Å². The van der Waals surface area contributed by atoms with Gasteiger partial charge in [-0.05, 0) is 69.4 Å². The Kier molecular flexibility index (Phi) is 8.61. The first-order valence-electron chi connectivity index (χ1n) is 9.23. The Morgan fingerprint density at radius 3 is 2.46 bits per heavy atom. The zero-order valence-electron chi connectivity index (χ0n) is 16.2. The number of carbonyl (C=O) groups excluding carboxylic acids is 2. The standard InChI is InChI=1S/C20H26FN3O4/c1-24(2)14-19(25)27-9-5-3-4-6-10-28-20(26)23-18-12-16-11-17(21)8-7-15(16)13-22-18/h7-8,11-13H,3-6,9-10,14H2,1-2H3,(H,22,23,26). The molecule has 0 unspecified atom stereocenters. The molecule has 0 aliphatic rings. The minimum absolute atomic E-state index is 0.227. The number of hydrogen-bond donors (Lipinski definition) is 1. The quantitative estimate of drug-likeness (QED) is 0.492. The number of amides is 1. The lowest BCUT2D eigenvalue weighted by Crippen LogP contribution is -2.23. The van der Waals surface area contributed by atoms with Gasteiger partial charge in [-0.25, -0.2) is 14.2 Å². The van der Waals surface area contributed by atoms with Crippen LogP contribution < -0.4 is 5.32 Å². The molecule has 28 heavy (non-hydrogen) atoms. The van der Waals surface area contributed by atoms with Gasteiger partial charge < -0.3 is 9.47 Å². The van der Waals surface area contributed by atoms with Crippen molar-refractivity contribution >= 4 is 28.7 Å². The molecule has 8 heteroatoms. The Morgan fingerprint density at radius 2 is 1.75 bits per heavy atom. The number of fused-ring (bicyclic) bond motifs is 1. The molecule has 0 saturated carbocycles. The third-order valence-electron chi connectivity index (χ3n) is 3.89. The smallest absolute Gasteiger partial charge is 0.412 e. The molecule has 1 amide bonds. The van der Waals surface area contributed by atoms with E-state index in [1.165, 1.54) is 12.1 Å². The van der Waals surface area contributed by atoms with Crippen molar-refractivity contribution in [2.24, 2.45) is 0 Å². The van der Waals surface area contributed by atoms with Gasteiger partial charge in [0.05, 0.1) is 19.8 Å². The molecule has 0 aliphatic carbocycles. The predicted molar refractivity (Wildman–Crippen MR) is 105 cm³/mol. The molecule has 0 saturated heterocycles. The average Bonchev–Trinajstić information content (AvgIpc) is 2.63. The number of nitrogens with zero attached hydrogens (tertiary/aromatic N) is 2. The Bertz CT molecular complexity index is 798. The van der Waals surface area contributed by atoms with Crippen molar-refractivity contribution in [1.82, 2.24) is 9.88 Å². The number of ether oxygens (including phenoxy) is 2.